The van der Waals surface area contributed by atoms with Crippen LogP contribution in [0.5, 0.6) is 0 Å². The number of amides is 2. The van der Waals surface area contributed by atoms with Crippen molar-refractivity contribution in [3.63, 3.8) is 0 Å². The van der Waals surface area contributed by atoms with Crippen LogP contribution in [-0.2, 0) is 22.6 Å². The van der Waals surface area contributed by atoms with Gasteiger partial charge in [0.2, 0.25) is 11.8 Å². The van der Waals surface area contributed by atoms with Gasteiger partial charge in [-0.05, 0) is 38.7 Å². The molecule has 0 spiro atoms. The van der Waals surface area contributed by atoms with Crippen molar-refractivity contribution in [3.8, 4) is 0 Å². The highest BCUT2D eigenvalue weighted by Gasteiger charge is 2.43. The monoisotopic (exact) mass is 449 g/mol. The molecule has 2 saturated heterocycles. The molecule has 2 atom stereocenters. The molecule has 4 aromatic rings. The zero-order valence-electron chi connectivity index (χ0n) is 19.0. The van der Waals surface area contributed by atoms with Crippen molar-refractivity contribution in [2.24, 2.45) is 0 Å². The SMILES string of the molecule is O=C1NC(Cc2ccc3ccccc3c2)C(=O)N2CCN(Cc3ccc4ccccc4c3)CC12. The van der Waals surface area contributed by atoms with Crippen LogP contribution >= 0.6 is 0 Å². The fourth-order valence-corrected chi connectivity index (χ4v) is 5.34. The molecule has 0 aliphatic carbocycles. The van der Waals surface area contributed by atoms with Crippen LogP contribution in [-0.4, -0.2) is 53.3 Å². The summed E-state index contributed by atoms with van der Waals surface area (Å²) in [5.74, 6) is -0.0169. The Balaban J connectivity index is 1.14. The lowest BCUT2D eigenvalue weighted by Crippen LogP contribution is -2.69. The van der Waals surface area contributed by atoms with Gasteiger partial charge in [-0.1, -0.05) is 78.9 Å². The Morgan fingerprint density at radius 2 is 1.35 bits per heavy atom. The summed E-state index contributed by atoms with van der Waals surface area (Å²) in [5, 5.41) is 7.79. The van der Waals surface area contributed by atoms with E-state index in [2.05, 4.69) is 76.9 Å². The highest BCUT2D eigenvalue weighted by Crippen LogP contribution is 2.23. The fourth-order valence-electron chi connectivity index (χ4n) is 5.34. The molecule has 2 fully saturated rings. The molecule has 5 nitrogen and oxygen atoms in total. The zero-order chi connectivity index (χ0) is 23.1. The smallest absolute Gasteiger partial charge is 0.246 e. The number of nitrogens with zero attached hydrogens (tertiary/aromatic N) is 2. The van der Waals surface area contributed by atoms with E-state index in [0.29, 0.717) is 19.5 Å². The van der Waals surface area contributed by atoms with Gasteiger partial charge in [0.15, 0.2) is 0 Å². The average molecular weight is 450 g/mol. The van der Waals surface area contributed by atoms with Gasteiger partial charge < -0.3 is 10.2 Å². The lowest BCUT2D eigenvalue weighted by atomic mass is 9.97. The van der Waals surface area contributed by atoms with Crippen molar-refractivity contribution in [2.75, 3.05) is 19.6 Å². The Morgan fingerprint density at radius 1 is 0.735 bits per heavy atom. The quantitative estimate of drug-likeness (QED) is 0.516. The maximum Gasteiger partial charge on any atom is 0.246 e. The number of fused-ring (bicyclic) bond motifs is 3. The topological polar surface area (TPSA) is 52.7 Å². The summed E-state index contributed by atoms with van der Waals surface area (Å²) in [6, 6.07) is 28.4. The van der Waals surface area contributed by atoms with Crippen LogP contribution in [0.25, 0.3) is 21.5 Å². The van der Waals surface area contributed by atoms with E-state index in [0.717, 1.165) is 24.0 Å². The molecular weight excluding hydrogens is 422 g/mol. The molecule has 0 saturated carbocycles. The van der Waals surface area contributed by atoms with E-state index in [1.165, 1.54) is 21.7 Å². The average Bonchev–Trinajstić information content (AvgIpc) is 2.87. The van der Waals surface area contributed by atoms with E-state index < -0.39 is 12.1 Å². The number of rotatable bonds is 4. The Hall–Kier alpha value is -3.70. The molecule has 34 heavy (non-hydrogen) atoms. The van der Waals surface area contributed by atoms with Crippen molar-refractivity contribution < 1.29 is 9.59 Å². The second-order valence-corrected chi connectivity index (χ2v) is 9.41. The maximum absolute atomic E-state index is 13.3. The number of benzene rings is 4. The standard InChI is InChI=1S/C29H27N3O2/c33-28-27-19-31(18-21-10-12-23-6-2-4-8-25(23)16-21)13-14-32(27)29(34)26(30-28)17-20-9-11-22-5-1-3-7-24(22)15-20/h1-12,15-16,26-27H,13-14,17-19H2,(H,30,33). The number of nitrogens with one attached hydrogen (secondary N) is 1. The molecule has 2 aliphatic heterocycles. The lowest BCUT2D eigenvalue weighted by Gasteiger charge is -2.45. The molecule has 2 aliphatic rings. The first-order chi connectivity index (χ1) is 16.6. The molecule has 6 rings (SSSR count). The highest BCUT2D eigenvalue weighted by molar-refractivity contribution is 5.97. The molecule has 5 heteroatoms. The van der Waals surface area contributed by atoms with Crippen molar-refractivity contribution in [3.05, 3.63) is 96.1 Å². The molecule has 2 amide bonds. The van der Waals surface area contributed by atoms with Gasteiger partial charge in [-0.2, -0.15) is 0 Å². The number of hydrogen-bond donors (Lipinski definition) is 1. The van der Waals surface area contributed by atoms with Gasteiger partial charge in [-0.3, -0.25) is 14.5 Å². The third-order valence-corrected chi connectivity index (χ3v) is 7.14. The van der Waals surface area contributed by atoms with Gasteiger partial charge in [0, 0.05) is 32.6 Å². The van der Waals surface area contributed by atoms with Crippen LogP contribution in [0, 0.1) is 0 Å². The molecule has 2 heterocycles. The molecule has 170 valence electrons. The van der Waals surface area contributed by atoms with Gasteiger partial charge in [0.05, 0.1) is 0 Å². The van der Waals surface area contributed by atoms with E-state index in [1.807, 2.05) is 18.2 Å². The third kappa shape index (κ3) is 3.93. The second-order valence-electron chi connectivity index (χ2n) is 9.41. The molecule has 0 radical (unpaired) electrons. The summed E-state index contributed by atoms with van der Waals surface area (Å²) < 4.78 is 0. The third-order valence-electron chi connectivity index (χ3n) is 7.14. The summed E-state index contributed by atoms with van der Waals surface area (Å²) in [6.07, 6.45) is 0.513. The minimum Gasteiger partial charge on any atom is -0.342 e. The summed E-state index contributed by atoms with van der Waals surface area (Å²) >= 11 is 0. The number of carbonyl (C=O) groups is 2. The Morgan fingerprint density at radius 3 is 2.06 bits per heavy atom. The molecular formula is C29H27N3O2. The van der Waals surface area contributed by atoms with Crippen LogP contribution in [0.15, 0.2) is 84.9 Å². The molecule has 0 bridgehead atoms. The summed E-state index contributed by atoms with van der Waals surface area (Å²) in [6.45, 7) is 2.69. The molecule has 2 unspecified atom stereocenters. The van der Waals surface area contributed by atoms with E-state index in [4.69, 9.17) is 0 Å². The van der Waals surface area contributed by atoms with Gasteiger partial charge in [-0.25, -0.2) is 0 Å². The first-order valence-corrected chi connectivity index (χ1v) is 11.9. The van der Waals surface area contributed by atoms with Crippen LogP contribution < -0.4 is 5.32 Å². The minimum absolute atomic E-state index is 0.0307. The minimum atomic E-state index is -0.503. The first kappa shape index (κ1) is 20.9. The number of piperazine rings is 2. The summed E-state index contributed by atoms with van der Waals surface area (Å²) in [4.78, 5) is 30.4. The van der Waals surface area contributed by atoms with Gasteiger partial charge in [-0.15, -0.1) is 0 Å². The van der Waals surface area contributed by atoms with Gasteiger partial charge in [0.1, 0.15) is 12.1 Å². The predicted octanol–water partition coefficient (Wildman–Crippen LogP) is 3.75. The predicted molar refractivity (Wildman–Crippen MR) is 134 cm³/mol. The molecule has 0 aromatic heterocycles. The van der Waals surface area contributed by atoms with E-state index in [1.54, 1.807) is 4.90 Å². The first-order valence-electron chi connectivity index (χ1n) is 11.9. The van der Waals surface area contributed by atoms with Crippen molar-refractivity contribution in [2.45, 2.75) is 25.0 Å². The number of carbonyl (C=O) groups excluding carboxylic acids is 2. The largest absolute Gasteiger partial charge is 0.342 e. The summed E-state index contributed by atoms with van der Waals surface area (Å²) in [5.41, 5.74) is 2.29. The van der Waals surface area contributed by atoms with E-state index in [9.17, 15) is 9.59 Å². The van der Waals surface area contributed by atoms with E-state index in [-0.39, 0.29) is 11.8 Å². The van der Waals surface area contributed by atoms with Crippen LogP contribution in [0.3, 0.4) is 0 Å². The van der Waals surface area contributed by atoms with Gasteiger partial charge in [0.25, 0.3) is 0 Å². The Labute approximate surface area is 199 Å². The Kier molecular flexibility index (Phi) is 5.27. The Bertz CT molecular complexity index is 1400. The fraction of sp³-hybridized carbons (Fsp3) is 0.241. The van der Waals surface area contributed by atoms with Crippen LogP contribution in [0.4, 0.5) is 0 Å². The highest BCUT2D eigenvalue weighted by atomic mass is 16.2. The molecule has 4 aromatic carbocycles. The van der Waals surface area contributed by atoms with Crippen molar-refractivity contribution in [1.29, 1.82) is 0 Å². The molecule has 1 N–H and O–H groups in total. The number of hydrogen-bond acceptors (Lipinski definition) is 3. The van der Waals surface area contributed by atoms with E-state index >= 15 is 0 Å². The normalized spacial score (nSPS) is 21.0. The van der Waals surface area contributed by atoms with Crippen molar-refractivity contribution >= 4 is 33.4 Å². The summed E-state index contributed by atoms with van der Waals surface area (Å²) in [7, 11) is 0. The van der Waals surface area contributed by atoms with Crippen LogP contribution in [0.1, 0.15) is 11.1 Å². The van der Waals surface area contributed by atoms with Crippen molar-refractivity contribution in [1.82, 2.24) is 15.1 Å². The zero-order valence-corrected chi connectivity index (χ0v) is 19.0. The van der Waals surface area contributed by atoms with Gasteiger partial charge >= 0.3 is 0 Å². The second kappa shape index (κ2) is 8.58. The lowest BCUT2D eigenvalue weighted by molar-refractivity contribution is -0.153. The van der Waals surface area contributed by atoms with Crippen LogP contribution in [0.2, 0.25) is 0 Å². The maximum atomic E-state index is 13.3.